The first-order valence-corrected chi connectivity index (χ1v) is 8.21. The number of aryl methyl sites for hydroxylation is 1. The minimum atomic E-state index is -3.46. The van der Waals surface area contributed by atoms with Gasteiger partial charge in [0.15, 0.2) is 0 Å². The summed E-state index contributed by atoms with van der Waals surface area (Å²) in [5, 5.41) is 0. The molecule has 0 heterocycles. The number of benzene rings is 1. The van der Waals surface area contributed by atoms with E-state index in [9.17, 15) is 8.42 Å². The van der Waals surface area contributed by atoms with E-state index in [1.807, 2.05) is 13.8 Å². The van der Waals surface area contributed by atoms with Crippen molar-refractivity contribution < 1.29 is 13.2 Å². The van der Waals surface area contributed by atoms with Gasteiger partial charge in [0.2, 0.25) is 10.0 Å². The largest absolute Gasteiger partial charge is 0.497 e. The minimum Gasteiger partial charge on any atom is -0.497 e. The fourth-order valence-corrected chi connectivity index (χ4v) is 3.83. The van der Waals surface area contributed by atoms with Crippen LogP contribution >= 0.6 is 11.6 Å². The van der Waals surface area contributed by atoms with Crippen molar-refractivity contribution >= 4 is 21.6 Å². The Kier molecular flexibility index (Phi) is 6.10. The first-order valence-electron chi connectivity index (χ1n) is 6.24. The molecule has 0 saturated carbocycles. The third-order valence-electron chi connectivity index (χ3n) is 2.95. The fraction of sp³-hybridized carbons (Fsp3) is 0.538. The van der Waals surface area contributed by atoms with Crippen LogP contribution in [0.4, 0.5) is 0 Å². The zero-order valence-electron chi connectivity index (χ0n) is 11.5. The first-order chi connectivity index (χ1) is 9.01. The second-order valence-corrected chi connectivity index (χ2v) is 6.29. The van der Waals surface area contributed by atoms with Gasteiger partial charge < -0.3 is 4.74 Å². The topological polar surface area (TPSA) is 46.6 Å². The van der Waals surface area contributed by atoms with Gasteiger partial charge in [0, 0.05) is 19.0 Å². The predicted octanol–water partition coefficient (Wildman–Crippen LogP) is 2.51. The molecule has 0 aliphatic carbocycles. The number of rotatable bonds is 7. The van der Waals surface area contributed by atoms with Crippen LogP contribution in [0.15, 0.2) is 23.1 Å². The van der Waals surface area contributed by atoms with E-state index in [0.717, 1.165) is 0 Å². The summed E-state index contributed by atoms with van der Waals surface area (Å²) in [6.07, 6.45) is 0.495. The van der Waals surface area contributed by atoms with Gasteiger partial charge in [-0.15, -0.1) is 11.6 Å². The minimum absolute atomic E-state index is 0.317. The number of sulfonamides is 1. The molecule has 0 unspecified atom stereocenters. The summed E-state index contributed by atoms with van der Waals surface area (Å²) in [7, 11) is -1.91. The monoisotopic (exact) mass is 305 g/mol. The lowest BCUT2D eigenvalue weighted by Gasteiger charge is -2.20. The van der Waals surface area contributed by atoms with Crippen molar-refractivity contribution in [3.05, 3.63) is 23.8 Å². The molecule has 0 bridgehead atoms. The van der Waals surface area contributed by atoms with Crippen LogP contribution in [0.1, 0.15) is 19.4 Å². The number of halogens is 1. The van der Waals surface area contributed by atoms with Crippen molar-refractivity contribution in [3.8, 4) is 5.75 Å². The average Bonchev–Trinajstić information content (AvgIpc) is 2.39. The van der Waals surface area contributed by atoms with E-state index in [4.69, 9.17) is 16.3 Å². The summed E-state index contributed by atoms with van der Waals surface area (Å²) in [6.45, 7) is 4.55. The SMILES string of the molecule is CCN(CC)S(=O)(=O)c1ccc(OC)cc1CCCl. The smallest absolute Gasteiger partial charge is 0.243 e. The van der Waals surface area contributed by atoms with E-state index in [-0.39, 0.29) is 0 Å². The summed E-state index contributed by atoms with van der Waals surface area (Å²) >= 11 is 5.75. The van der Waals surface area contributed by atoms with Crippen LogP contribution in [0.5, 0.6) is 5.75 Å². The molecule has 0 saturated heterocycles. The predicted molar refractivity (Wildman–Crippen MR) is 77.5 cm³/mol. The van der Waals surface area contributed by atoms with E-state index >= 15 is 0 Å². The van der Waals surface area contributed by atoms with Crippen molar-refractivity contribution in [3.63, 3.8) is 0 Å². The lowest BCUT2D eigenvalue weighted by atomic mass is 10.1. The molecule has 0 N–H and O–H groups in total. The van der Waals surface area contributed by atoms with Crippen molar-refractivity contribution in [1.29, 1.82) is 0 Å². The third-order valence-corrected chi connectivity index (χ3v) is 5.29. The molecule has 4 nitrogen and oxygen atoms in total. The molecule has 6 heteroatoms. The fourth-order valence-electron chi connectivity index (χ4n) is 1.93. The molecule has 19 heavy (non-hydrogen) atoms. The Morgan fingerprint density at radius 3 is 2.37 bits per heavy atom. The molecule has 0 amide bonds. The zero-order chi connectivity index (χ0) is 14.5. The van der Waals surface area contributed by atoms with Gasteiger partial charge in [-0.3, -0.25) is 0 Å². The highest BCUT2D eigenvalue weighted by Gasteiger charge is 2.24. The van der Waals surface area contributed by atoms with E-state index in [1.165, 1.54) is 4.31 Å². The van der Waals surface area contributed by atoms with Crippen LogP contribution < -0.4 is 4.74 Å². The van der Waals surface area contributed by atoms with Crippen molar-refractivity contribution in [2.45, 2.75) is 25.2 Å². The number of methoxy groups -OCH3 is 1. The maximum Gasteiger partial charge on any atom is 0.243 e. The summed E-state index contributed by atoms with van der Waals surface area (Å²) in [5.41, 5.74) is 0.696. The number of hydrogen-bond acceptors (Lipinski definition) is 3. The Labute approximate surface area is 120 Å². The molecule has 0 radical (unpaired) electrons. The molecule has 0 atom stereocenters. The van der Waals surface area contributed by atoms with Crippen LogP contribution in [-0.4, -0.2) is 38.8 Å². The highest BCUT2D eigenvalue weighted by molar-refractivity contribution is 7.89. The maximum absolute atomic E-state index is 12.5. The average molecular weight is 306 g/mol. The maximum atomic E-state index is 12.5. The summed E-state index contributed by atoms with van der Waals surface area (Å²) in [6, 6.07) is 4.99. The molecule has 108 valence electrons. The van der Waals surface area contributed by atoms with Crippen LogP contribution in [-0.2, 0) is 16.4 Å². The number of ether oxygens (including phenoxy) is 1. The van der Waals surface area contributed by atoms with Crippen LogP contribution in [0.25, 0.3) is 0 Å². The van der Waals surface area contributed by atoms with Crippen molar-refractivity contribution in [2.24, 2.45) is 0 Å². The highest BCUT2D eigenvalue weighted by Crippen LogP contribution is 2.25. The van der Waals surface area contributed by atoms with E-state index in [1.54, 1.807) is 25.3 Å². The van der Waals surface area contributed by atoms with Crippen LogP contribution in [0.3, 0.4) is 0 Å². The third kappa shape index (κ3) is 3.61. The molecular formula is C13H20ClNO3S. The number of alkyl halides is 1. The summed E-state index contributed by atoms with van der Waals surface area (Å²) in [4.78, 5) is 0.317. The van der Waals surface area contributed by atoms with Gasteiger partial charge in [0.1, 0.15) is 5.75 Å². The molecule has 1 aromatic rings. The Morgan fingerprint density at radius 1 is 1.26 bits per heavy atom. The molecule has 0 aromatic heterocycles. The number of nitrogens with zero attached hydrogens (tertiary/aromatic N) is 1. The second-order valence-electron chi connectivity index (χ2n) is 4.00. The molecule has 0 aliphatic heterocycles. The molecular weight excluding hydrogens is 286 g/mol. The van der Waals surface area contributed by atoms with Gasteiger partial charge in [-0.05, 0) is 30.2 Å². The Bertz CT molecular complexity index is 513. The lowest BCUT2D eigenvalue weighted by Crippen LogP contribution is -2.31. The normalized spacial score (nSPS) is 11.8. The van der Waals surface area contributed by atoms with Gasteiger partial charge in [-0.1, -0.05) is 13.8 Å². The molecule has 0 spiro atoms. The summed E-state index contributed by atoms with van der Waals surface area (Å²) in [5.74, 6) is 1.01. The lowest BCUT2D eigenvalue weighted by molar-refractivity contribution is 0.413. The van der Waals surface area contributed by atoms with E-state index < -0.39 is 10.0 Å². The Morgan fingerprint density at radius 2 is 1.89 bits per heavy atom. The Hall–Kier alpha value is -0.780. The molecule has 1 rings (SSSR count). The number of hydrogen-bond donors (Lipinski definition) is 0. The molecule has 0 aliphatic rings. The van der Waals surface area contributed by atoms with Crippen molar-refractivity contribution in [1.82, 2.24) is 4.31 Å². The molecule has 1 aromatic carbocycles. The van der Waals surface area contributed by atoms with Gasteiger partial charge in [-0.2, -0.15) is 4.31 Å². The van der Waals surface area contributed by atoms with Gasteiger partial charge in [0.05, 0.1) is 12.0 Å². The van der Waals surface area contributed by atoms with E-state index in [0.29, 0.717) is 41.6 Å². The highest BCUT2D eigenvalue weighted by atomic mass is 35.5. The van der Waals surface area contributed by atoms with Gasteiger partial charge in [0.25, 0.3) is 0 Å². The summed E-state index contributed by atoms with van der Waals surface area (Å²) < 4.78 is 31.6. The Balaban J connectivity index is 3.32. The quantitative estimate of drug-likeness (QED) is 0.727. The standard InChI is InChI=1S/C13H20ClNO3S/c1-4-15(5-2)19(16,17)13-7-6-12(18-3)10-11(13)8-9-14/h6-7,10H,4-5,8-9H2,1-3H3. The first kappa shape index (κ1) is 16.3. The van der Waals surface area contributed by atoms with Gasteiger partial charge in [-0.25, -0.2) is 8.42 Å². The second kappa shape index (κ2) is 7.12. The molecule has 0 fully saturated rings. The van der Waals surface area contributed by atoms with Crippen molar-refractivity contribution in [2.75, 3.05) is 26.1 Å². The van der Waals surface area contributed by atoms with Crippen LogP contribution in [0, 0.1) is 0 Å². The van der Waals surface area contributed by atoms with Gasteiger partial charge >= 0.3 is 0 Å². The zero-order valence-corrected chi connectivity index (χ0v) is 13.1. The van der Waals surface area contributed by atoms with Crippen LogP contribution in [0.2, 0.25) is 0 Å². The van der Waals surface area contributed by atoms with E-state index in [2.05, 4.69) is 0 Å².